The summed E-state index contributed by atoms with van der Waals surface area (Å²) in [5.41, 5.74) is 1.22. The molecule has 1 heterocycles. The Labute approximate surface area is 173 Å². The second-order valence-corrected chi connectivity index (χ2v) is 15.0. The maximum atomic E-state index is 6.99. The highest BCUT2D eigenvalue weighted by atomic mass is 28.4. The predicted octanol–water partition coefficient (Wildman–Crippen LogP) is 6.33. The van der Waals surface area contributed by atoms with Gasteiger partial charge in [-0.25, -0.2) is 0 Å². The van der Waals surface area contributed by atoms with Gasteiger partial charge in [-0.15, -0.1) is 0 Å². The summed E-state index contributed by atoms with van der Waals surface area (Å²) in [5, 5.41) is 0.201. The number of ether oxygens (including phenoxy) is 2. The van der Waals surface area contributed by atoms with Crippen molar-refractivity contribution in [3.8, 4) is 0 Å². The normalized spacial score (nSPS) is 23.4. The first-order chi connectivity index (χ1) is 13.3. The van der Waals surface area contributed by atoms with Crippen LogP contribution in [-0.2, 0) is 20.5 Å². The van der Waals surface area contributed by atoms with E-state index in [0.717, 1.165) is 18.9 Å². The molecule has 1 aromatic carbocycles. The number of benzene rings is 1. The van der Waals surface area contributed by atoms with Crippen molar-refractivity contribution >= 4 is 8.32 Å². The number of rotatable bonds is 9. The van der Waals surface area contributed by atoms with Gasteiger partial charge < -0.3 is 13.9 Å². The number of hydrogen-bond donors (Lipinski definition) is 0. The third kappa shape index (κ3) is 6.16. The first-order valence-electron chi connectivity index (χ1n) is 11.2. The Balaban J connectivity index is 1.73. The van der Waals surface area contributed by atoms with Gasteiger partial charge in [0.1, 0.15) is 12.2 Å². The lowest BCUT2D eigenvalue weighted by molar-refractivity contribution is -0.0621. The lowest BCUT2D eigenvalue weighted by Crippen LogP contribution is -2.49. The van der Waals surface area contributed by atoms with Gasteiger partial charge in [-0.2, -0.15) is 0 Å². The van der Waals surface area contributed by atoms with E-state index < -0.39 is 8.32 Å². The van der Waals surface area contributed by atoms with Crippen molar-refractivity contribution < 1.29 is 13.9 Å². The molecule has 1 aromatic rings. The molecule has 1 saturated carbocycles. The van der Waals surface area contributed by atoms with E-state index in [-0.39, 0.29) is 23.4 Å². The highest BCUT2D eigenvalue weighted by Crippen LogP contribution is 2.41. The van der Waals surface area contributed by atoms with Crippen LogP contribution in [0.3, 0.4) is 0 Å². The van der Waals surface area contributed by atoms with Crippen LogP contribution in [0.25, 0.3) is 0 Å². The summed E-state index contributed by atoms with van der Waals surface area (Å²) in [7, 11) is -1.88. The van der Waals surface area contributed by atoms with E-state index in [1.54, 1.807) is 0 Å². The molecule has 28 heavy (non-hydrogen) atoms. The van der Waals surface area contributed by atoms with Crippen LogP contribution in [0.2, 0.25) is 18.1 Å². The van der Waals surface area contributed by atoms with Crippen molar-refractivity contribution in [3.05, 3.63) is 35.9 Å². The van der Waals surface area contributed by atoms with Crippen molar-refractivity contribution in [2.24, 2.45) is 5.92 Å². The van der Waals surface area contributed by atoms with Crippen LogP contribution < -0.4 is 0 Å². The van der Waals surface area contributed by atoms with Gasteiger partial charge in [0.05, 0.1) is 19.3 Å². The zero-order valence-electron chi connectivity index (χ0n) is 18.6. The third-order valence-electron chi connectivity index (χ3n) is 6.92. The van der Waals surface area contributed by atoms with Gasteiger partial charge in [0, 0.05) is 0 Å². The van der Waals surface area contributed by atoms with Crippen LogP contribution in [0, 0.1) is 5.92 Å². The average molecular weight is 405 g/mol. The highest BCUT2D eigenvalue weighted by molar-refractivity contribution is 6.74. The molecule has 1 aliphatic carbocycles. The van der Waals surface area contributed by atoms with Gasteiger partial charge in [-0.1, -0.05) is 83.2 Å². The Bertz CT molecular complexity index is 586. The standard InChI is InChI=1S/C24H40O3Si/c1-24(2,3)28(4,5)27-21(16-19-12-8-6-9-13-19)23(22-18-25-22)26-17-20-14-10-7-11-15-20/h7,10-11,14-15,19,21-23H,6,8-9,12-13,16-18H2,1-5H3. The molecule has 3 atom stereocenters. The summed E-state index contributed by atoms with van der Waals surface area (Å²) < 4.78 is 19.2. The molecule has 0 radical (unpaired) electrons. The molecule has 158 valence electrons. The summed E-state index contributed by atoms with van der Waals surface area (Å²) in [4.78, 5) is 0. The van der Waals surface area contributed by atoms with E-state index in [4.69, 9.17) is 13.9 Å². The van der Waals surface area contributed by atoms with E-state index in [1.807, 2.05) is 0 Å². The zero-order chi connectivity index (χ0) is 20.2. The van der Waals surface area contributed by atoms with Gasteiger partial charge in [-0.3, -0.25) is 0 Å². The molecular formula is C24H40O3Si. The Morgan fingerprint density at radius 2 is 1.71 bits per heavy atom. The van der Waals surface area contributed by atoms with E-state index >= 15 is 0 Å². The molecular weight excluding hydrogens is 364 g/mol. The van der Waals surface area contributed by atoms with Crippen molar-refractivity contribution in [1.82, 2.24) is 0 Å². The Kier molecular flexibility index (Phi) is 7.41. The van der Waals surface area contributed by atoms with Gasteiger partial charge >= 0.3 is 0 Å². The number of hydrogen-bond acceptors (Lipinski definition) is 3. The minimum absolute atomic E-state index is 0.0382. The molecule has 3 rings (SSSR count). The molecule has 2 aliphatic rings. The second-order valence-electron chi connectivity index (χ2n) is 10.3. The van der Waals surface area contributed by atoms with Gasteiger partial charge in [0.15, 0.2) is 8.32 Å². The van der Waals surface area contributed by atoms with E-state index in [2.05, 4.69) is 64.2 Å². The molecule has 0 aromatic heterocycles. The SMILES string of the molecule is CC(C)(C)[Si](C)(C)OC(CC1CCCCC1)C(OCc1ccccc1)C1CO1. The summed E-state index contributed by atoms with van der Waals surface area (Å²) in [6.45, 7) is 13.1. The van der Waals surface area contributed by atoms with Crippen LogP contribution in [0.4, 0.5) is 0 Å². The zero-order valence-corrected chi connectivity index (χ0v) is 19.6. The monoisotopic (exact) mass is 404 g/mol. The van der Waals surface area contributed by atoms with Crippen LogP contribution in [0.15, 0.2) is 30.3 Å². The fourth-order valence-corrected chi connectivity index (χ4v) is 5.36. The van der Waals surface area contributed by atoms with E-state index in [0.29, 0.717) is 6.61 Å². The quantitative estimate of drug-likeness (QED) is 0.356. The smallest absolute Gasteiger partial charge is 0.192 e. The largest absolute Gasteiger partial charge is 0.411 e. The van der Waals surface area contributed by atoms with Crippen LogP contribution >= 0.6 is 0 Å². The Morgan fingerprint density at radius 3 is 2.29 bits per heavy atom. The van der Waals surface area contributed by atoms with Crippen LogP contribution in [0.1, 0.15) is 64.9 Å². The minimum atomic E-state index is -1.88. The van der Waals surface area contributed by atoms with Crippen molar-refractivity contribution in [2.45, 2.75) is 102 Å². The van der Waals surface area contributed by atoms with E-state index in [1.165, 1.54) is 37.7 Å². The molecule has 2 fully saturated rings. The molecule has 1 aliphatic heterocycles. The lowest BCUT2D eigenvalue weighted by atomic mass is 9.84. The first-order valence-corrected chi connectivity index (χ1v) is 14.1. The summed E-state index contributed by atoms with van der Waals surface area (Å²) >= 11 is 0. The highest BCUT2D eigenvalue weighted by Gasteiger charge is 2.46. The maximum Gasteiger partial charge on any atom is 0.192 e. The van der Waals surface area contributed by atoms with Gasteiger partial charge in [-0.05, 0) is 36.0 Å². The second kappa shape index (κ2) is 9.42. The van der Waals surface area contributed by atoms with E-state index in [9.17, 15) is 0 Å². The fraction of sp³-hybridized carbons (Fsp3) is 0.750. The Hall–Kier alpha value is -0.683. The average Bonchev–Trinajstić information content (AvgIpc) is 3.47. The van der Waals surface area contributed by atoms with Gasteiger partial charge in [0.2, 0.25) is 0 Å². The summed E-state index contributed by atoms with van der Waals surface area (Å²) in [6.07, 6.45) is 8.30. The summed E-state index contributed by atoms with van der Waals surface area (Å²) in [6, 6.07) is 10.5. The van der Waals surface area contributed by atoms with Crippen molar-refractivity contribution in [2.75, 3.05) is 6.61 Å². The molecule has 0 bridgehead atoms. The molecule has 4 heteroatoms. The molecule has 1 saturated heterocycles. The topological polar surface area (TPSA) is 31.0 Å². The van der Waals surface area contributed by atoms with Crippen molar-refractivity contribution in [3.63, 3.8) is 0 Å². The molecule has 0 amide bonds. The lowest BCUT2D eigenvalue weighted by Gasteiger charge is -2.42. The van der Waals surface area contributed by atoms with Crippen LogP contribution in [0.5, 0.6) is 0 Å². The molecule has 3 nitrogen and oxygen atoms in total. The predicted molar refractivity (Wildman–Crippen MR) is 118 cm³/mol. The molecule has 0 spiro atoms. The molecule has 0 N–H and O–H groups in total. The summed E-state index contributed by atoms with van der Waals surface area (Å²) in [5.74, 6) is 0.769. The van der Waals surface area contributed by atoms with Crippen LogP contribution in [-0.4, -0.2) is 33.2 Å². The number of epoxide rings is 1. The first kappa shape index (κ1) is 22.0. The maximum absolute atomic E-state index is 6.99. The third-order valence-corrected chi connectivity index (χ3v) is 11.4. The Morgan fingerprint density at radius 1 is 1.07 bits per heavy atom. The fourth-order valence-electron chi connectivity index (χ4n) is 4.02. The minimum Gasteiger partial charge on any atom is -0.411 e. The van der Waals surface area contributed by atoms with Crippen molar-refractivity contribution in [1.29, 1.82) is 0 Å². The van der Waals surface area contributed by atoms with Gasteiger partial charge in [0.25, 0.3) is 0 Å². The molecule has 3 unspecified atom stereocenters.